The van der Waals surface area contributed by atoms with Crippen LogP contribution in [0.25, 0.3) is 5.70 Å². The second-order valence-electron chi connectivity index (χ2n) is 5.35. The van der Waals surface area contributed by atoms with Crippen molar-refractivity contribution in [1.29, 1.82) is 0 Å². The number of pyridine rings is 1. The Balaban J connectivity index is 2.76. The Morgan fingerprint density at radius 2 is 1.94 bits per heavy atom. The van der Waals surface area contributed by atoms with Gasteiger partial charge in [-0.05, 0) is 23.5 Å². The van der Waals surface area contributed by atoms with Gasteiger partial charge in [0.1, 0.15) is 0 Å². The minimum Gasteiger partial charge on any atom is -0.373 e. The molecule has 0 aliphatic heterocycles. The van der Waals surface area contributed by atoms with E-state index in [4.69, 9.17) is 0 Å². The summed E-state index contributed by atoms with van der Waals surface area (Å²) in [4.78, 5) is 6.66. The molecule has 0 aromatic carbocycles. The Bertz CT molecular complexity index is 363. The molecule has 0 spiro atoms. The second-order valence-corrected chi connectivity index (χ2v) is 5.35. The molecule has 0 radical (unpaired) electrons. The highest BCUT2D eigenvalue weighted by Gasteiger charge is 2.08. The third-order valence-corrected chi connectivity index (χ3v) is 2.85. The van der Waals surface area contributed by atoms with E-state index in [2.05, 4.69) is 63.3 Å². The molecule has 0 unspecified atom stereocenters. The van der Waals surface area contributed by atoms with Gasteiger partial charge in [0.15, 0.2) is 0 Å². The lowest BCUT2D eigenvalue weighted by Crippen LogP contribution is -2.21. The summed E-state index contributed by atoms with van der Waals surface area (Å²) in [5, 5.41) is 0. The second kappa shape index (κ2) is 5.85. The number of hydrogen-bond acceptors (Lipinski definition) is 2. The van der Waals surface area contributed by atoms with Gasteiger partial charge in [-0.3, -0.25) is 4.98 Å². The minimum atomic E-state index is 0.526. The molecule has 1 rings (SSSR count). The van der Waals surface area contributed by atoms with Gasteiger partial charge in [-0.25, -0.2) is 0 Å². The van der Waals surface area contributed by atoms with E-state index in [1.54, 1.807) is 0 Å². The van der Waals surface area contributed by atoms with Gasteiger partial charge in [0.05, 0.1) is 11.4 Å². The van der Waals surface area contributed by atoms with Gasteiger partial charge >= 0.3 is 0 Å². The zero-order chi connectivity index (χ0) is 13.0. The van der Waals surface area contributed by atoms with Gasteiger partial charge in [-0.2, -0.15) is 0 Å². The van der Waals surface area contributed by atoms with E-state index in [-0.39, 0.29) is 0 Å². The number of aromatic nitrogens is 1. The van der Waals surface area contributed by atoms with Crippen molar-refractivity contribution in [2.75, 3.05) is 13.6 Å². The SMILES string of the molecule is C=C(c1ccc(C(C)C)cn1)N(C)CC(C)C. The van der Waals surface area contributed by atoms with Crippen LogP contribution in [0.4, 0.5) is 0 Å². The van der Waals surface area contributed by atoms with Crippen LogP contribution < -0.4 is 0 Å². The van der Waals surface area contributed by atoms with Gasteiger partial charge < -0.3 is 4.90 Å². The van der Waals surface area contributed by atoms with Crippen LogP contribution in [0.2, 0.25) is 0 Å². The van der Waals surface area contributed by atoms with Crippen LogP contribution in [0.5, 0.6) is 0 Å². The first kappa shape index (κ1) is 13.8. The molecule has 1 aromatic heterocycles. The highest BCUT2D eigenvalue weighted by Crippen LogP contribution is 2.18. The highest BCUT2D eigenvalue weighted by atomic mass is 15.1. The zero-order valence-corrected chi connectivity index (χ0v) is 11.7. The van der Waals surface area contributed by atoms with Crippen molar-refractivity contribution in [2.45, 2.75) is 33.6 Å². The van der Waals surface area contributed by atoms with Crippen LogP contribution in [0, 0.1) is 5.92 Å². The maximum atomic E-state index is 4.49. The Hall–Kier alpha value is -1.31. The van der Waals surface area contributed by atoms with Gasteiger partial charge in [0, 0.05) is 19.8 Å². The summed E-state index contributed by atoms with van der Waals surface area (Å²) in [7, 11) is 2.07. The van der Waals surface area contributed by atoms with Crippen molar-refractivity contribution in [1.82, 2.24) is 9.88 Å². The molecule has 94 valence electrons. The fraction of sp³-hybridized carbons (Fsp3) is 0.533. The van der Waals surface area contributed by atoms with Gasteiger partial charge in [-0.15, -0.1) is 0 Å². The van der Waals surface area contributed by atoms with Gasteiger partial charge in [-0.1, -0.05) is 40.3 Å². The summed E-state index contributed by atoms with van der Waals surface area (Å²) in [5.74, 6) is 1.16. The van der Waals surface area contributed by atoms with Crippen LogP contribution in [-0.4, -0.2) is 23.5 Å². The largest absolute Gasteiger partial charge is 0.373 e. The van der Waals surface area contributed by atoms with Crippen molar-refractivity contribution in [3.8, 4) is 0 Å². The molecule has 0 atom stereocenters. The van der Waals surface area contributed by atoms with Crippen LogP contribution in [0.3, 0.4) is 0 Å². The Morgan fingerprint density at radius 3 is 2.35 bits per heavy atom. The first-order valence-corrected chi connectivity index (χ1v) is 6.28. The average Bonchev–Trinajstić information content (AvgIpc) is 2.27. The molecule has 0 aliphatic carbocycles. The quantitative estimate of drug-likeness (QED) is 0.768. The molecule has 0 aliphatic rings. The molecule has 2 heteroatoms. The Morgan fingerprint density at radius 1 is 1.29 bits per heavy atom. The molecule has 0 amide bonds. The molecule has 0 fully saturated rings. The van der Waals surface area contributed by atoms with E-state index in [0.29, 0.717) is 11.8 Å². The third-order valence-electron chi connectivity index (χ3n) is 2.85. The fourth-order valence-corrected chi connectivity index (χ4v) is 1.77. The van der Waals surface area contributed by atoms with E-state index in [0.717, 1.165) is 17.9 Å². The predicted molar refractivity (Wildman–Crippen MR) is 74.8 cm³/mol. The molecule has 0 saturated carbocycles. The van der Waals surface area contributed by atoms with E-state index < -0.39 is 0 Å². The summed E-state index contributed by atoms with van der Waals surface area (Å²) in [6.45, 7) is 13.9. The third kappa shape index (κ3) is 3.88. The van der Waals surface area contributed by atoms with Gasteiger partial charge in [0.25, 0.3) is 0 Å². The normalized spacial score (nSPS) is 11.0. The van der Waals surface area contributed by atoms with E-state index >= 15 is 0 Å². The molecule has 0 N–H and O–H groups in total. The molecule has 1 heterocycles. The first-order valence-electron chi connectivity index (χ1n) is 6.28. The first-order chi connectivity index (χ1) is 7.91. The van der Waals surface area contributed by atoms with Crippen molar-refractivity contribution in [3.05, 3.63) is 36.2 Å². The summed E-state index contributed by atoms with van der Waals surface area (Å²) in [6, 6.07) is 4.20. The van der Waals surface area contributed by atoms with Crippen LogP contribution in [0.15, 0.2) is 24.9 Å². The fourth-order valence-electron chi connectivity index (χ4n) is 1.77. The van der Waals surface area contributed by atoms with E-state index in [9.17, 15) is 0 Å². The highest BCUT2D eigenvalue weighted by molar-refractivity contribution is 5.58. The van der Waals surface area contributed by atoms with Crippen molar-refractivity contribution in [3.63, 3.8) is 0 Å². The molecule has 1 aromatic rings. The van der Waals surface area contributed by atoms with Crippen molar-refractivity contribution in [2.24, 2.45) is 5.92 Å². The molecular weight excluding hydrogens is 208 g/mol. The van der Waals surface area contributed by atoms with Crippen LogP contribution in [0.1, 0.15) is 44.9 Å². The smallest absolute Gasteiger partial charge is 0.0857 e. The maximum absolute atomic E-state index is 4.49. The van der Waals surface area contributed by atoms with Crippen LogP contribution >= 0.6 is 0 Å². The topological polar surface area (TPSA) is 16.1 Å². The Kier molecular flexibility index (Phi) is 4.73. The molecular formula is C15H24N2. The lowest BCUT2D eigenvalue weighted by molar-refractivity contribution is 0.407. The summed E-state index contributed by atoms with van der Waals surface area (Å²) >= 11 is 0. The van der Waals surface area contributed by atoms with E-state index in [1.807, 2.05) is 6.20 Å². The average molecular weight is 232 g/mol. The molecule has 2 nitrogen and oxygen atoms in total. The summed E-state index contributed by atoms with van der Waals surface area (Å²) in [6.07, 6.45) is 1.95. The summed E-state index contributed by atoms with van der Waals surface area (Å²) in [5.41, 5.74) is 3.24. The minimum absolute atomic E-state index is 0.526. The summed E-state index contributed by atoms with van der Waals surface area (Å²) < 4.78 is 0. The molecule has 17 heavy (non-hydrogen) atoms. The van der Waals surface area contributed by atoms with Crippen molar-refractivity contribution >= 4 is 5.70 Å². The van der Waals surface area contributed by atoms with Crippen LogP contribution in [-0.2, 0) is 0 Å². The monoisotopic (exact) mass is 232 g/mol. The molecule has 0 saturated heterocycles. The zero-order valence-electron chi connectivity index (χ0n) is 11.7. The molecule has 0 bridgehead atoms. The predicted octanol–water partition coefficient (Wildman–Crippen LogP) is 3.76. The lowest BCUT2D eigenvalue weighted by atomic mass is 10.1. The lowest BCUT2D eigenvalue weighted by Gasteiger charge is -2.23. The maximum Gasteiger partial charge on any atom is 0.0857 e. The standard InChI is InChI=1S/C15H24N2/c1-11(2)10-17(6)13(5)15-8-7-14(9-16-15)12(3)4/h7-9,11-12H,5,10H2,1-4,6H3. The number of rotatable bonds is 5. The number of nitrogens with zero attached hydrogens (tertiary/aromatic N) is 2. The van der Waals surface area contributed by atoms with Crippen molar-refractivity contribution < 1.29 is 0 Å². The number of hydrogen-bond donors (Lipinski definition) is 0. The van der Waals surface area contributed by atoms with E-state index in [1.165, 1.54) is 5.56 Å². The Labute approximate surface area is 105 Å². The van der Waals surface area contributed by atoms with Gasteiger partial charge in [0.2, 0.25) is 0 Å².